The van der Waals surface area contributed by atoms with Gasteiger partial charge < -0.3 is 15.5 Å². The molecule has 0 saturated carbocycles. The standard InChI is InChI=1S/C12H15NO4S/c1-6-8(12(16)17)5-10(18-6)9-4-7(11(14)15)2-3-13-9/h5,7,9,13H,2-4H2,1H3,(H,14,15)(H,16,17). The fourth-order valence-electron chi connectivity index (χ4n) is 2.25. The maximum atomic E-state index is 11.0. The average Bonchev–Trinajstić information content (AvgIpc) is 2.71. The molecule has 2 unspecified atom stereocenters. The largest absolute Gasteiger partial charge is 0.481 e. The van der Waals surface area contributed by atoms with Crippen molar-refractivity contribution in [3.8, 4) is 0 Å². The van der Waals surface area contributed by atoms with Gasteiger partial charge in [-0.05, 0) is 32.4 Å². The number of nitrogens with one attached hydrogen (secondary N) is 1. The van der Waals surface area contributed by atoms with E-state index in [1.54, 1.807) is 13.0 Å². The Morgan fingerprint density at radius 1 is 1.44 bits per heavy atom. The lowest BCUT2D eigenvalue weighted by atomic mass is 9.92. The van der Waals surface area contributed by atoms with Gasteiger partial charge in [-0.15, -0.1) is 11.3 Å². The van der Waals surface area contributed by atoms with Crippen molar-refractivity contribution < 1.29 is 19.8 Å². The first-order chi connectivity index (χ1) is 8.49. The van der Waals surface area contributed by atoms with Crippen LogP contribution in [0.5, 0.6) is 0 Å². The van der Waals surface area contributed by atoms with Gasteiger partial charge in [-0.25, -0.2) is 4.79 Å². The number of carboxylic acid groups (broad SMARTS) is 2. The molecule has 1 aromatic rings. The predicted molar refractivity (Wildman–Crippen MR) is 67.1 cm³/mol. The van der Waals surface area contributed by atoms with Crippen LogP contribution in [-0.4, -0.2) is 28.7 Å². The number of hydrogen-bond donors (Lipinski definition) is 3. The Hall–Kier alpha value is -1.40. The molecule has 1 fully saturated rings. The Kier molecular flexibility index (Phi) is 3.68. The Morgan fingerprint density at radius 3 is 2.72 bits per heavy atom. The van der Waals surface area contributed by atoms with Gasteiger partial charge >= 0.3 is 11.9 Å². The molecule has 5 nitrogen and oxygen atoms in total. The molecule has 1 saturated heterocycles. The smallest absolute Gasteiger partial charge is 0.336 e. The number of aryl methyl sites for hydroxylation is 1. The lowest BCUT2D eigenvalue weighted by Crippen LogP contribution is -2.34. The molecule has 6 heteroatoms. The second-order valence-electron chi connectivity index (χ2n) is 4.49. The van der Waals surface area contributed by atoms with Crippen molar-refractivity contribution in [3.05, 3.63) is 21.4 Å². The molecule has 3 N–H and O–H groups in total. The van der Waals surface area contributed by atoms with Gasteiger partial charge in [-0.3, -0.25) is 4.79 Å². The zero-order valence-corrected chi connectivity index (χ0v) is 10.8. The van der Waals surface area contributed by atoms with E-state index in [-0.39, 0.29) is 12.0 Å². The van der Waals surface area contributed by atoms with E-state index >= 15 is 0 Å². The summed E-state index contributed by atoms with van der Waals surface area (Å²) in [6.45, 7) is 2.43. The molecule has 0 bridgehead atoms. The fourth-order valence-corrected chi connectivity index (χ4v) is 3.36. The van der Waals surface area contributed by atoms with Crippen LogP contribution in [-0.2, 0) is 4.79 Å². The molecular formula is C12H15NO4S. The molecule has 0 radical (unpaired) electrons. The van der Waals surface area contributed by atoms with Gasteiger partial charge in [0.2, 0.25) is 0 Å². The molecule has 2 atom stereocenters. The highest BCUT2D eigenvalue weighted by Crippen LogP contribution is 2.33. The van der Waals surface area contributed by atoms with Crippen molar-refractivity contribution in [3.63, 3.8) is 0 Å². The summed E-state index contributed by atoms with van der Waals surface area (Å²) < 4.78 is 0. The van der Waals surface area contributed by atoms with Crippen molar-refractivity contribution in [2.45, 2.75) is 25.8 Å². The molecule has 0 aromatic carbocycles. The maximum Gasteiger partial charge on any atom is 0.336 e. The number of carbonyl (C=O) groups is 2. The summed E-state index contributed by atoms with van der Waals surface area (Å²) in [6.07, 6.45) is 1.15. The minimum absolute atomic E-state index is 0.0448. The van der Waals surface area contributed by atoms with Crippen LogP contribution in [0.3, 0.4) is 0 Å². The lowest BCUT2D eigenvalue weighted by Gasteiger charge is -2.27. The Labute approximate surface area is 108 Å². The van der Waals surface area contributed by atoms with Crippen molar-refractivity contribution in [2.24, 2.45) is 5.92 Å². The van der Waals surface area contributed by atoms with E-state index in [1.807, 2.05) is 0 Å². The van der Waals surface area contributed by atoms with E-state index in [2.05, 4.69) is 5.32 Å². The Balaban J connectivity index is 2.18. The summed E-state index contributed by atoms with van der Waals surface area (Å²) in [5, 5.41) is 21.3. The lowest BCUT2D eigenvalue weighted by molar-refractivity contribution is -0.143. The van der Waals surface area contributed by atoms with Gasteiger partial charge in [0, 0.05) is 15.8 Å². The van der Waals surface area contributed by atoms with E-state index in [4.69, 9.17) is 10.2 Å². The number of rotatable bonds is 3. The van der Waals surface area contributed by atoms with Crippen LogP contribution in [0.2, 0.25) is 0 Å². The van der Waals surface area contributed by atoms with Crippen LogP contribution in [0.15, 0.2) is 6.07 Å². The molecular weight excluding hydrogens is 254 g/mol. The van der Waals surface area contributed by atoms with E-state index in [0.29, 0.717) is 24.9 Å². The Bertz CT molecular complexity index is 482. The molecule has 2 rings (SSSR count). The van der Waals surface area contributed by atoms with Crippen LogP contribution < -0.4 is 5.32 Å². The SMILES string of the molecule is Cc1sc(C2CC(C(=O)O)CCN2)cc1C(=O)O. The number of hydrogen-bond acceptors (Lipinski definition) is 4. The van der Waals surface area contributed by atoms with Gasteiger partial charge in [0.25, 0.3) is 0 Å². The quantitative estimate of drug-likeness (QED) is 0.780. The molecule has 0 spiro atoms. The van der Waals surface area contributed by atoms with Gasteiger partial charge in [0.1, 0.15) is 0 Å². The van der Waals surface area contributed by atoms with Crippen LogP contribution in [0.4, 0.5) is 0 Å². The highest BCUT2D eigenvalue weighted by atomic mass is 32.1. The number of piperidine rings is 1. The summed E-state index contributed by atoms with van der Waals surface area (Å²) >= 11 is 1.43. The van der Waals surface area contributed by atoms with Gasteiger partial charge in [0.15, 0.2) is 0 Å². The maximum absolute atomic E-state index is 11.0. The molecule has 98 valence electrons. The molecule has 0 amide bonds. The number of aliphatic carboxylic acids is 1. The molecule has 2 heterocycles. The van der Waals surface area contributed by atoms with Crippen LogP contribution in [0, 0.1) is 12.8 Å². The molecule has 0 aliphatic carbocycles. The summed E-state index contributed by atoms with van der Waals surface area (Å²) in [4.78, 5) is 23.6. The van der Waals surface area contributed by atoms with E-state index in [0.717, 1.165) is 9.75 Å². The zero-order valence-electron chi connectivity index (χ0n) is 9.97. The van der Waals surface area contributed by atoms with Crippen LogP contribution in [0.1, 0.15) is 39.0 Å². The first-order valence-corrected chi connectivity index (χ1v) is 6.60. The average molecular weight is 269 g/mol. The van der Waals surface area contributed by atoms with Gasteiger partial charge in [-0.2, -0.15) is 0 Å². The molecule has 1 aromatic heterocycles. The summed E-state index contributed by atoms with van der Waals surface area (Å²) in [5.74, 6) is -2.04. The zero-order chi connectivity index (χ0) is 13.3. The summed E-state index contributed by atoms with van der Waals surface area (Å²) in [6, 6.07) is 1.61. The normalized spacial score (nSPS) is 23.8. The fraction of sp³-hybridized carbons (Fsp3) is 0.500. The number of carboxylic acids is 2. The molecule has 1 aliphatic heterocycles. The molecule has 18 heavy (non-hydrogen) atoms. The van der Waals surface area contributed by atoms with Crippen molar-refractivity contribution in [2.75, 3.05) is 6.54 Å². The van der Waals surface area contributed by atoms with E-state index in [9.17, 15) is 9.59 Å². The summed E-state index contributed by atoms with van der Waals surface area (Å²) in [5.41, 5.74) is 0.314. The van der Waals surface area contributed by atoms with Crippen LogP contribution in [0.25, 0.3) is 0 Å². The number of aromatic carboxylic acids is 1. The second-order valence-corrected chi connectivity index (χ2v) is 5.78. The van der Waals surface area contributed by atoms with Crippen molar-refractivity contribution >= 4 is 23.3 Å². The van der Waals surface area contributed by atoms with E-state index < -0.39 is 11.9 Å². The monoisotopic (exact) mass is 269 g/mol. The minimum atomic E-state index is -0.930. The van der Waals surface area contributed by atoms with Crippen LogP contribution >= 0.6 is 11.3 Å². The topological polar surface area (TPSA) is 86.6 Å². The molecule has 1 aliphatic rings. The third-order valence-electron chi connectivity index (χ3n) is 3.26. The third kappa shape index (κ3) is 2.54. The predicted octanol–water partition coefficient (Wildman–Crippen LogP) is 1.88. The van der Waals surface area contributed by atoms with Gasteiger partial charge in [0.05, 0.1) is 11.5 Å². The highest BCUT2D eigenvalue weighted by molar-refractivity contribution is 7.12. The third-order valence-corrected chi connectivity index (χ3v) is 4.43. The Morgan fingerprint density at radius 2 is 2.17 bits per heavy atom. The van der Waals surface area contributed by atoms with E-state index in [1.165, 1.54) is 11.3 Å². The first-order valence-electron chi connectivity index (χ1n) is 5.79. The minimum Gasteiger partial charge on any atom is -0.481 e. The summed E-state index contributed by atoms with van der Waals surface area (Å²) in [7, 11) is 0. The van der Waals surface area contributed by atoms with Crippen molar-refractivity contribution in [1.82, 2.24) is 5.32 Å². The second kappa shape index (κ2) is 5.07. The van der Waals surface area contributed by atoms with Gasteiger partial charge in [-0.1, -0.05) is 0 Å². The van der Waals surface area contributed by atoms with Crippen molar-refractivity contribution in [1.29, 1.82) is 0 Å². The number of thiophene rings is 1. The highest BCUT2D eigenvalue weighted by Gasteiger charge is 2.29. The first kappa shape index (κ1) is 13.0.